The van der Waals surface area contributed by atoms with Gasteiger partial charge in [-0.25, -0.2) is 4.68 Å². The average molecular weight is 409 g/mol. The summed E-state index contributed by atoms with van der Waals surface area (Å²) in [6.45, 7) is 6.48. The van der Waals surface area contributed by atoms with Crippen LogP contribution in [0.1, 0.15) is 42.1 Å². The van der Waals surface area contributed by atoms with E-state index >= 15 is 0 Å². The molecule has 0 bridgehead atoms. The number of ether oxygens (including phenoxy) is 1. The molecule has 0 atom stereocenters. The van der Waals surface area contributed by atoms with Crippen molar-refractivity contribution in [1.29, 1.82) is 0 Å². The summed E-state index contributed by atoms with van der Waals surface area (Å²) in [5.41, 5.74) is 8.16. The fraction of sp³-hybridized carbons (Fsp3) is 0.458. The summed E-state index contributed by atoms with van der Waals surface area (Å²) < 4.78 is 7.69. The quantitative estimate of drug-likeness (QED) is 0.798. The van der Waals surface area contributed by atoms with Crippen LogP contribution in [0, 0.1) is 0 Å². The van der Waals surface area contributed by atoms with Gasteiger partial charge in [0, 0.05) is 32.3 Å². The fourth-order valence-electron chi connectivity index (χ4n) is 4.32. The molecule has 2 aromatic rings. The van der Waals surface area contributed by atoms with Crippen molar-refractivity contribution in [2.24, 2.45) is 5.10 Å². The third kappa shape index (κ3) is 4.36. The van der Waals surface area contributed by atoms with Gasteiger partial charge in [0.15, 0.2) is 0 Å². The molecule has 6 heteroatoms. The summed E-state index contributed by atoms with van der Waals surface area (Å²) in [5.74, 6) is 0. The number of hydrogen-bond donors (Lipinski definition) is 1. The number of allylic oxidation sites excluding steroid dienone is 1. The van der Waals surface area contributed by atoms with Crippen LogP contribution in [0.2, 0.25) is 0 Å². The highest BCUT2D eigenvalue weighted by atomic mass is 16.5. The van der Waals surface area contributed by atoms with Crippen molar-refractivity contribution in [2.75, 3.05) is 40.4 Å². The van der Waals surface area contributed by atoms with Gasteiger partial charge < -0.3 is 19.6 Å². The minimum Gasteiger partial charge on any atom is -0.392 e. The first-order valence-corrected chi connectivity index (χ1v) is 10.8. The molecule has 1 fully saturated rings. The van der Waals surface area contributed by atoms with Gasteiger partial charge in [0.25, 0.3) is 0 Å². The number of rotatable bonds is 6. The molecule has 1 aromatic heterocycles. The SMILES string of the molecule is CCC1=C(N2CCOCC2)c2cc(CN(C)C)cn2N=C(c2cccc(CO)c2)C1. The normalized spacial score (nSPS) is 17.2. The summed E-state index contributed by atoms with van der Waals surface area (Å²) in [4.78, 5) is 4.65. The minimum atomic E-state index is 0.0401. The van der Waals surface area contributed by atoms with Crippen molar-refractivity contribution in [3.05, 3.63) is 64.5 Å². The second-order valence-electron chi connectivity index (χ2n) is 8.30. The number of aliphatic hydroxyl groups is 1. The number of hydrogen-bond acceptors (Lipinski definition) is 5. The van der Waals surface area contributed by atoms with E-state index in [4.69, 9.17) is 9.84 Å². The number of fused-ring (bicyclic) bond motifs is 1. The maximum absolute atomic E-state index is 9.59. The molecule has 160 valence electrons. The summed E-state index contributed by atoms with van der Waals surface area (Å²) >= 11 is 0. The summed E-state index contributed by atoms with van der Waals surface area (Å²) in [6, 6.07) is 10.4. The van der Waals surface area contributed by atoms with Gasteiger partial charge in [-0.2, -0.15) is 5.10 Å². The van der Waals surface area contributed by atoms with E-state index in [1.807, 2.05) is 12.1 Å². The molecule has 0 unspecified atom stereocenters. The highest BCUT2D eigenvalue weighted by Crippen LogP contribution is 2.33. The molecule has 0 amide bonds. The lowest BCUT2D eigenvalue weighted by molar-refractivity contribution is 0.0634. The third-order valence-corrected chi connectivity index (χ3v) is 5.74. The molecule has 0 radical (unpaired) electrons. The molecule has 30 heavy (non-hydrogen) atoms. The Labute approximate surface area is 179 Å². The van der Waals surface area contributed by atoms with Crippen LogP contribution in [-0.4, -0.2) is 65.7 Å². The van der Waals surface area contributed by atoms with Crippen LogP contribution in [0.25, 0.3) is 5.70 Å². The first-order chi connectivity index (χ1) is 14.6. The lowest BCUT2D eigenvalue weighted by Gasteiger charge is -2.32. The molecule has 1 saturated heterocycles. The van der Waals surface area contributed by atoms with Gasteiger partial charge in [-0.3, -0.25) is 0 Å². The first-order valence-electron chi connectivity index (χ1n) is 10.8. The molecular formula is C24H32N4O2. The Morgan fingerprint density at radius 1 is 1.13 bits per heavy atom. The maximum Gasteiger partial charge on any atom is 0.0882 e. The Hall–Kier alpha value is -2.41. The molecule has 0 aliphatic carbocycles. The average Bonchev–Trinajstić information content (AvgIpc) is 3.06. The number of benzene rings is 1. The second kappa shape index (κ2) is 9.16. The number of aromatic nitrogens is 1. The Morgan fingerprint density at radius 2 is 1.93 bits per heavy atom. The highest BCUT2D eigenvalue weighted by molar-refractivity contribution is 6.03. The second-order valence-corrected chi connectivity index (χ2v) is 8.30. The van der Waals surface area contributed by atoms with Crippen LogP contribution >= 0.6 is 0 Å². The van der Waals surface area contributed by atoms with Crippen LogP contribution < -0.4 is 0 Å². The van der Waals surface area contributed by atoms with Gasteiger partial charge in [-0.15, -0.1) is 0 Å². The molecule has 1 N–H and O–H groups in total. The zero-order valence-electron chi connectivity index (χ0n) is 18.3. The van der Waals surface area contributed by atoms with E-state index in [0.29, 0.717) is 0 Å². The van der Waals surface area contributed by atoms with E-state index in [1.54, 1.807) is 0 Å². The largest absolute Gasteiger partial charge is 0.392 e. The van der Waals surface area contributed by atoms with E-state index in [1.165, 1.54) is 22.5 Å². The monoisotopic (exact) mass is 408 g/mol. The third-order valence-electron chi connectivity index (χ3n) is 5.74. The predicted octanol–water partition coefficient (Wildman–Crippen LogP) is 3.15. The summed E-state index contributed by atoms with van der Waals surface area (Å²) in [5, 5.41) is 14.7. The predicted molar refractivity (Wildman–Crippen MR) is 120 cm³/mol. The van der Waals surface area contributed by atoms with Gasteiger partial charge in [-0.1, -0.05) is 25.1 Å². The van der Waals surface area contributed by atoms with E-state index in [0.717, 1.165) is 62.5 Å². The van der Waals surface area contributed by atoms with Gasteiger partial charge in [0.05, 0.1) is 36.9 Å². The van der Waals surface area contributed by atoms with Crippen LogP contribution in [-0.2, 0) is 17.9 Å². The standard InChI is InChI=1S/C24H32N4O2/c1-4-20-14-22(21-7-5-6-18(12-21)17-29)25-28-16-19(15-26(2)3)13-23(28)24(20)27-8-10-30-11-9-27/h5-7,12-13,16,29H,4,8-11,14-15,17H2,1-3H3. The zero-order valence-corrected chi connectivity index (χ0v) is 18.3. The minimum absolute atomic E-state index is 0.0401. The molecule has 0 spiro atoms. The van der Waals surface area contributed by atoms with Crippen molar-refractivity contribution in [1.82, 2.24) is 14.5 Å². The first kappa shape index (κ1) is 20.8. The Morgan fingerprint density at radius 3 is 2.63 bits per heavy atom. The van der Waals surface area contributed by atoms with Crippen LogP contribution in [0.15, 0.2) is 47.2 Å². The van der Waals surface area contributed by atoms with Gasteiger partial charge >= 0.3 is 0 Å². The van der Waals surface area contributed by atoms with Gasteiger partial charge in [0.1, 0.15) is 0 Å². The number of morpholine rings is 1. The molecule has 6 nitrogen and oxygen atoms in total. The lowest BCUT2D eigenvalue weighted by atomic mass is 9.96. The molecule has 3 heterocycles. The van der Waals surface area contributed by atoms with Crippen molar-refractivity contribution < 1.29 is 9.84 Å². The van der Waals surface area contributed by atoms with Crippen molar-refractivity contribution in [2.45, 2.75) is 32.9 Å². The molecule has 2 aliphatic heterocycles. The van der Waals surface area contributed by atoms with Gasteiger partial charge in [-0.05, 0) is 54.9 Å². The number of aliphatic hydroxyl groups excluding tert-OH is 1. The van der Waals surface area contributed by atoms with E-state index in [-0.39, 0.29) is 6.61 Å². The molecule has 4 rings (SSSR count). The number of nitrogens with zero attached hydrogens (tertiary/aromatic N) is 4. The Kier molecular flexibility index (Phi) is 6.37. The van der Waals surface area contributed by atoms with E-state index in [2.05, 4.69) is 59.9 Å². The van der Waals surface area contributed by atoms with E-state index < -0.39 is 0 Å². The van der Waals surface area contributed by atoms with Crippen molar-refractivity contribution >= 4 is 11.4 Å². The topological polar surface area (TPSA) is 53.2 Å². The molecular weight excluding hydrogens is 376 g/mol. The smallest absolute Gasteiger partial charge is 0.0882 e. The highest BCUT2D eigenvalue weighted by Gasteiger charge is 2.26. The molecule has 2 aliphatic rings. The maximum atomic E-state index is 9.59. The van der Waals surface area contributed by atoms with Crippen molar-refractivity contribution in [3.63, 3.8) is 0 Å². The summed E-state index contributed by atoms with van der Waals surface area (Å²) in [6.07, 6.45) is 3.94. The molecule has 1 aromatic carbocycles. The summed E-state index contributed by atoms with van der Waals surface area (Å²) in [7, 11) is 4.18. The van der Waals surface area contributed by atoms with Crippen LogP contribution in [0.4, 0.5) is 0 Å². The lowest BCUT2D eigenvalue weighted by Crippen LogP contribution is -2.36. The zero-order chi connectivity index (χ0) is 21.1. The van der Waals surface area contributed by atoms with E-state index in [9.17, 15) is 5.11 Å². The van der Waals surface area contributed by atoms with Gasteiger partial charge in [0.2, 0.25) is 0 Å². The van der Waals surface area contributed by atoms with Crippen molar-refractivity contribution in [3.8, 4) is 0 Å². The van der Waals surface area contributed by atoms with Crippen LogP contribution in [0.5, 0.6) is 0 Å². The fourth-order valence-corrected chi connectivity index (χ4v) is 4.32. The Balaban J connectivity index is 1.84. The van der Waals surface area contributed by atoms with Crippen LogP contribution in [0.3, 0.4) is 0 Å². The molecule has 0 saturated carbocycles. The Bertz CT molecular complexity index is 952.